The van der Waals surface area contributed by atoms with Gasteiger partial charge in [-0.3, -0.25) is 4.79 Å². The SMILES string of the molecule is CCS(=O)(=O)C1C(c2ccc3c(c2)OCO3)C1(CO)C(=O)O. The van der Waals surface area contributed by atoms with E-state index in [1.165, 1.54) is 6.92 Å². The topological polar surface area (TPSA) is 110 Å². The summed E-state index contributed by atoms with van der Waals surface area (Å²) < 4.78 is 34.9. The highest BCUT2D eigenvalue weighted by Crippen LogP contribution is 2.63. The predicted octanol–water partition coefficient (Wildman–Crippen LogP) is 0.379. The number of carboxylic acids is 1. The van der Waals surface area contributed by atoms with Crippen LogP contribution in [0.3, 0.4) is 0 Å². The summed E-state index contributed by atoms with van der Waals surface area (Å²) in [6.45, 7) is 0.809. The Morgan fingerprint density at radius 3 is 2.64 bits per heavy atom. The molecular weight excluding hydrogens is 312 g/mol. The van der Waals surface area contributed by atoms with E-state index in [1.54, 1.807) is 18.2 Å². The van der Waals surface area contributed by atoms with Crippen LogP contribution in [0.4, 0.5) is 0 Å². The number of rotatable bonds is 5. The molecule has 2 aliphatic rings. The number of benzene rings is 1. The van der Waals surface area contributed by atoms with Crippen molar-refractivity contribution in [3.8, 4) is 11.5 Å². The lowest BCUT2D eigenvalue weighted by molar-refractivity contribution is -0.145. The molecule has 0 saturated heterocycles. The number of sulfone groups is 1. The van der Waals surface area contributed by atoms with Crippen LogP contribution >= 0.6 is 0 Å². The zero-order valence-corrected chi connectivity index (χ0v) is 12.7. The Hall–Kier alpha value is -1.80. The molecule has 7 nitrogen and oxygen atoms in total. The summed E-state index contributed by atoms with van der Waals surface area (Å²) in [5.74, 6) is -1.29. The van der Waals surface area contributed by atoms with Gasteiger partial charge in [-0.05, 0) is 17.7 Å². The fraction of sp³-hybridized carbons (Fsp3) is 0.500. The first-order valence-corrected chi connectivity index (χ1v) is 8.55. The van der Waals surface area contributed by atoms with Gasteiger partial charge in [0, 0.05) is 11.7 Å². The van der Waals surface area contributed by atoms with Gasteiger partial charge >= 0.3 is 5.97 Å². The van der Waals surface area contributed by atoms with Crippen LogP contribution in [0.5, 0.6) is 11.5 Å². The number of aliphatic carboxylic acids is 1. The molecule has 8 heteroatoms. The molecule has 3 rings (SSSR count). The zero-order chi connectivity index (χ0) is 16.1. The average molecular weight is 328 g/mol. The van der Waals surface area contributed by atoms with Gasteiger partial charge in [-0.25, -0.2) is 8.42 Å². The molecule has 2 N–H and O–H groups in total. The van der Waals surface area contributed by atoms with Crippen LogP contribution in [-0.4, -0.2) is 49.0 Å². The van der Waals surface area contributed by atoms with Crippen LogP contribution in [0, 0.1) is 5.41 Å². The van der Waals surface area contributed by atoms with Crippen molar-refractivity contribution in [2.45, 2.75) is 18.1 Å². The molecule has 120 valence electrons. The maximum absolute atomic E-state index is 12.2. The molecule has 1 heterocycles. The van der Waals surface area contributed by atoms with Crippen LogP contribution in [0.1, 0.15) is 18.4 Å². The molecule has 0 aromatic heterocycles. The van der Waals surface area contributed by atoms with E-state index < -0.39 is 39.0 Å². The second-order valence-corrected chi connectivity index (χ2v) is 7.88. The van der Waals surface area contributed by atoms with Crippen molar-refractivity contribution in [2.75, 3.05) is 19.2 Å². The number of carboxylic acid groups (broad SMARTS) is 1. The molecule has 22 heavy (non-hydrogen) atoms. The molecular formula is C14H16O7S. The molecule has 0 amide bonds. The number of fused-ring (bicyclic) bond motifs is 1. The molecule has 3 atom stereocenters. The number of ether oxygens (including phenoxy) is 2. The Balaban J connectivity index is 2.06. The standard InChI is InChI=1S/C14H16O7S/c1-2-22(18,19)12-11(14(12,6-15)13(16)17)8-3-4-9-10(5-8)21-7-20-9/h3-5,11-12,15H,2,6-7H2,1H3,(H,16,17). The highest BCUT2D eigenvalue weighted by atomic mass is 32.2. The summed E-state index contributed by atoms with van der Waals surface area (Å²) >= 11 is 0. The highest BCUT2D eigenvalue weighted by molar-refractivity contribution is 7.92. The van der Waals surface area contributed by atoms with Gasteiger partial charge in [0.1, 0.15) is 5.41 Å². The van der Waals surface area contributed by atoms with Gasteiger partial charge in [-0.1, -0.05) is 13.0 Å². The quantitative estimate of drug-likeness (QED) is 0.804. The van der Waals surface area contributed by atoms with Gasteiger partial charge in [0.05, 0.1) is 11.9 Å². The van der Waals surface area contributed by atoms with Crippen LogP contribution in [0.2, 0.25) is 0 Å². The molecule has 1 aliphatic heterocycles. The van der Waals surface area contributed by atoms with Crippen LogP contribution in [-0.2, 0) is 14.6 Å². The molecule has 1 saturated carbocycles. The average Bonchev–Trinajstić information content (AvgIpc) is 3.00. The second kappa shape index (κ2) is 4.85. The third kappa shape index (κ3) is 1.90. The molecule has 1 fully saturated rings. The van der Waals surface area contributed by atoms with Crippen molar-refractivity contribution in [1.82, 2.24) is 0 Å². The predicted molar refractivity (Wildman–Crippen MR) is 75.7 cm³/mol. The number of aliphatic hydroxyl groups excluding tert-OH is 1. The van der Waals surface area contributed by atoms with Gasteiger partial charge in [-0.15, -0.1) is 0 Å². The molecule has 0 bridgehead atoms. The lowest BCUT2D eigenvalue weighted by atomic mass is 10.00. The molecule has 1 aromatic carbocycles. The van der Waals surface area contributed by atoms with E-state index in [1.807, 2.05) is 0 Å². The van der Waals surface area contributed by atoms with Crippen molar-refractivity contribution in [1.29, 1.82) is 0 Å². The van der Waals surface area contributed by atoms with Gasteiger partial charge in [0.25, 0.3) is 0 Å². The molecule has 0 radical (unpaired) electrons. The minimum absolute atomic E-state index is 0.0736. The largest absolute Gasteiger partial charge is 0.481 e. The summed E-state index contributed by atoms with van der Waals surface area (Å²) in [4.78, 5) is 11.6. The van der Waals surface area contributed by atoms with Gasteiger partial charge in [0.15, 0.2) is 21.3 Å². The van der Waals surface area contributed by atoms with E-state index in [2.05, 4.69) is 0 Å². The molecule has 1 aromatic rings. The van der Waals surface area contributed by atoms with Gasteiger partial charge < -0.3 is 19.7 Å². The lowest BCUT2D eigenvalue weighted by Crippen LogP contribution is -2.28. The third-order valence-electron chi connectivity index (χ3n) is 4.46. The first kappa shape index (κ1) is 15.1. The van der Waals surface area contributed by atoms with Crippen molar-refractivity contribution in [3.05, 3.63) is 23.8 Å². The fourth-order valence-electron chi connectivity index (χ4n) is 3.20. The first-order chi connectivity index (χ1) is 10.4. The lowest BCUT2D eigenvalue weighted by Gasteiger charge is -2.09. The minimum atomic E-state index is -3.61. The maximum atomic E-state index is 12.2. The third-order valence-corrected chi connectivity index (χ3v) is 6.73. The van der Waals surface area contributed by atoms with E-state index in [4.69, 9.17) is 9.47 Å². The number of hydrogen-bond donors (Lipinski definition) is 2. The summed E-state index contributed by atoms with van der Waals surface area (Å²) in [5.41, 5.74) is -1.18. The minimum Gasteiger partial charge on any atom is -0.481 e. The van der Waals surface area contributed by atoms with Crippen molar-refractivity contribution in [3.63, 3.8) is 0 Å². The number of aliphatic hydroxyl groups is 1. The summed E-state index contributed by atoms with van der Waals surface area (Å²) in [7, 11) is -3.61. The zero-order valence-electron chi connectivity index (χ0n) is 11.9. The van der Waals surface area contributed by atoms with E-state index in [0.29, 0.717) is 17.1 Å². The Bertz CT molecular complexity index is 727. The van der Waals surface area contributed by atoms with Gasteiger partial charge in [-0.2, -0.15) is 0 Å². The molecule has 1 aliphatic carbocycles. The van der Waals surface area contributed by atoms with E-state index >= 15 is 0 Å². The van der Waals surface area contributed by atoms with Crippen LogP contribution in [0.15, 0.2) is 18.2 Å². The van der Waals surface area contributed by atoms with Crippen molar-refractivity contribution in [2.24, 2.45) is 5.41 Å². The normalized spacial score (nSPS) is 29.4. The Morgan fingerprint density at radius 2 is 2.05 bits per heavy atom. The maximum Gasteiger partial charge on any atom is 0.314 e. The number of carbonyl (C=O) groups is 1. The molecule has 0 spiro atoms. The Morgan fingerprint density at radius 1 is 1.36 bits per heavy atom. The number of hydrogen-bond acceptors (Lipinski definition) is 6. The Labute approximate surface area is 127 Å². The second-order valence-electron chi connectivity index (χ2n) is 5.47. The molecule has 3 unspecified atom stereocenters. The monoisotopic (exact) mass is 328 g/mol. The van der Waals surface area contributed by atoms with Crippen LogP contribution in [0.25, 0.3) is 0 Å². The van der Waals surface area contributed by atoms with E-state index in [0.717, 1.165) is 0 Å². The van der Waals surface area contributed by atoms with Crippen LogP contribution < -0.4 is 9.47 Å². The summed E-state index contributed by atoms with van der Waals surface area (Å²) in [5, 5.41) is 17.9. The highest BCUT2D eigenvalue weighted by Gasteiger charge is 2.75. The van der Waals surface area contributed by atoms with Crippen molar-refractivity contribution >= 4 is 15.8 Å². The van der Waals surface area contributed by atoms with Gasteiger partial charge in [0.2, 0.25) is 6.79 Å². The van der Waals surface area contributed by atoms with E-state index in [-0.39, 0.29) is 12.5 Å². The van der Waals surface area contributed by atoms with E-state index in [9.17, 15) is 23.4 Å². The smallest absolute Gasteiger partial charge is 0.314 e. The summed E-state index contributed by atoms with van der Waals surface area (Å²) in [6.07, 6.45) is 0. The Kier molecular flexibility index (Phi) is 3.33. The summed E-state index contributed by atoms with van der Waals surface area (Å²) in [6, 6.07) is 4.83. The first-order valence-electron chi connectivity index (χ1n) is 6.84. The van der Waals surface area contributed by atoms with Crippen molar-refractivity contribution < 1.29 is 32.9 Å². The fourth-order valence-corrected chi connectivity index (χ4v) is 5.26.